The number of carbonyl (C=O) groups excluding carboxylic acids is 1. The average Bonchev–Trinajstić information content (AvgIpc) is 2.32. The van der Waals surface area contributed by atoms with E-state index in [4.69, 9.17) is 11.6 Å². The smallest absolute Gasteiger partial charge is 0.279 e. The van der Waals surface area contributed by atoms with E-state index in [0.717, 1.165) is 31.9 Å². The molecule has 3 N–H and O–H groups in total. The van der Waals surface area contributed by atoms with Crippen LogP contribution in [0.25, 0.3) is 0 Å². The van der Waals surface area contributed by atoms with Crippen LogP contribution in [-0.2, 0) is 4.79 Å². The van der Waals surface area contributed by atoms with E-state index in [1.807, 2.05) is 12.1 Å². The molecule has 1 aromatic rings. The van der Waals surface area contributed by atoms with Gasteiger partial charge in [-0.1, -0.05) is 17.7 Å². The van der Waals surface area contributed by atoms with Crippen molar-refractivity contribution >= 4 is 23.2 Å². The zero-order valence-electron chi connectivity index (χ0n) is 10.6. The highest BCUT2D eigenvalue weighted by molar-refractivity contribution is 6.30. The summed E-state index contributed by atoms with van der Waals surface area (Å²) < 4.78 is 0. The fraction of sp³-hybridized carbons (Fsp3) is 0.462. The Morgan fingerprint density at radius 2 is 2.06 bits per heavy atom. The van der Waals surface area contributed by atoms with Crippen LogP contribution >= 0.6 is 11.6 Å². The molecule has 1 heterocycles. The van der Waals surface area contributed by atoms with Gasteiger partial charge in [-0.3, -0.25) is 4.79 Å². The van der Waals surface area contributed by atoms with Gasteiger partial charge in [0, 0.05) is 10.7 Å². The molecule has 0 aliphatic carbocycles. The van der Waals surface area contributed by atoms with Crippen LogP contribution in [0, 0.1) is 0 Å². The second kappa shape index (κ2) is 6.18. The summed E-state index contributed by atoms with van der Waals surface area (Å²) in [5.41, 5.74) is 0.770. The first kappa shape index (κ1) is 13.3. The lowest BCUT2D eigenvalue weighted by molar-refractivity contribution is -0.999. The van der Waals surface area contributed by atoms with Gasteiger partial charge in [0.25, 0.3) is 5.91 Å². The number of carbonyl (C=O) groups is 1. The second-order valence-corrected chi connectivity index (χ2v) is 5.38. The molecule has 1 fully saturated rings. The van der Waals surface area contributed by atoms with Crippen molar-refractivity contribution in [3.05, 3.63) is 29.3 Å². The number of quaternary nitrogens is 2. The molecule has 2 rings (SSSR count). The second-order valence-electron chi connectivity index (χ2n) is 4.94. The van der Waals surface area contributed by atoms with Gasteiger partial charge in [-0.25, -0.2) is 0 Å². The molecule has 1 saturated heterocycles. The Bertz CT molecular complexity index is 416. The van der Waals surface area contributed by atoms with Gasteiger partial charge in [0.05, 0.1) is 7.05 Å². The SMILES string of the molecule is C[NH+]1CC[NH+](CC(=O)Nc2cccc(Cl)c2)CC1. The van der Waals surface area contributed by atoms with Crippen LogP contribution in [0.4, 0.5) is 5.69 Å². The minimum absolute atomic E-state index is 0.0619. The molecule has 18 heavy (non-hydrogen) atoms. The van der Waals surface area contributed by atoms with E-state index < -0.39 is 0 Å². The van der Waals surface area contributed by atoms with Crippen molar-refractivity contribution in [3.8, 4) is 0 Å². The number of amides is 1. The van der Waals surface area contributed by atoms with Crippen molar-refractivity contribution in [3.63, 3.8) is 0 Å². The van der Waals surface area contributed by atoms with E-state index >= 15 is 0 Å². The summed E-state index contributed by atoms with van der Waals surface area (Å²) in [4.78, 5) is 14.8. The zero-order valence-corrected chi connectivity index (χ0v) is 11.4. The lowest BCUT2D eigenvalue weighted by atomic mass is 10.3. The molecule has 0 bridgehead atoms. The first-order valence-corrected chi connectivity index (χ1v) is 6.71. The van der Waals surface area contributed by atoms with Crippen molar-refractivity contribution in [1.82, 2.24) is 0 Å². The summed E-state index contributed by atoms with van der Waals surface area (Å²) in [5.74, 6) is 0.0619. The van der Waals surface area contributed by atoms with E-state index in [-0.39, 0.29) is 5.91 Å². The zero-order chi connectivity index (χ0) is 13.0. The maximum Gasteiger partial charge on any atom is 0.279 e. The topological polar surface area (TPSA) is 38.0 Å². The molecule has 1 aliphatic rings. The maximum absolute atomic E-state index is 11.9. The van der Waals surface area contributed by atoms with E-state index in [2.05, 4.69) is 12.4 Å². The number of hydrogen-bond donors (Lipinski definition) is 3. The first-order chi connectivity index (χ1) is 8.63. The van der Waals surface area contributed by atoms with E-state index in [1.54, 1.807) is 17.0 Å². The first-order valence-electron chi connectivity index (χ1n) is 6.34. The molecule has 0 radical (unpaired) electrons. The molecule has 98 valence electrons. The molecular formula is C13H20ClN3O+2. The lowest BCUT2D eigenvalue weighted by Gasteiger charge is -2.26. The molecule has 5 heteroatoms. The van der Waals surface area contributed by atoms with Crippen LogP contribution in [-0.4, -0.2) is 45.7 Å². The Morgan fingerprint density at radius 3 is 2.72 bits per heavy atom. The Labute approximate surface area is 113 Å². The average molecular weight is 270 g/mol. The summed E-state index contributed by atoms with van der Waals surface area (Å²) in [6.45, 7) is 4.95. The van der Waals surface area contributed by atoms with Crippen molar-refractivity contribution in [2.75, 3.05) is 45.1 Å². The number of benzene rings is 1. The van der Waals surface area contributed by atoms with E-state index in [9.17, 15) is 4.79 Å². The van der Waals surface area contributed by atoms with Gasteiger partial charge in [0.2, 0.25) is 0 Å². The maximum atomic E-state index is 11.9. The van der Waals surface area contributed by atoms with Gasteiger partial charge < -0.3 is 15.1 Å². The fourth-order valence-corrected chi connectivity index (χ4v) is 2.40. The van der Waals surface area contributed by atoms with Crippen molar-refractivity contribution in [2.45, 2.75) is 0 Å². The highest BCUT2D eigenvalue weighted by Gasteiger charge is 2.22. The van der Waals surface area contributed by atoms with Crippen molar-refractivity contribution in [1.29, 1.82) is 0 Å². The largest absolute Gasteiger partial charge is 0.328 e. The van der Waals surface area contributed by atoms with Gasteiger partial charge in [-0.05, 0) is 18.2 Å². The Hall–Kier alpha value is -1.10. The number of likely N-dealkylation sites (N-methyl/N-ethyl adjacent to an activating group) is 1. The quantitative estimate of drug-likeness (QED) is 0.627. The molecule has 1 aromatic carbocycles. The molecule has 1 aliphatic heterocycles. The predicted molar refractivity (Wildman–Crippen MR) is 72.3 cm³/mol. The van der Waals surface area contributed by atoms with Crippen LogP contribution in [0.1, 0.15) is 0 Å². The minimum atomic E-state index is 0.0619. The highest BCUT2D eigenvalue weighted by Crippen LogP contribution is 2.14. The van der Waals surface area contributed by atoms with Gasteiger partial charge >= 0.3 is 0 Å². The summed E-state index contributed by atoms with van der Waals surface area (Å²) in [6, 6.07) is 7.26. The van der Waals surface area contributed by atoms with Crippen LogP contribution in [0.2, 0.25) is 5.02 Å². The highest BCUT2D eigenvalue weighted by atomic mass is 35.5. The van der Waals surface area contributed by atoms with Crippen LogP contribution in [0.3, 0.4) is 0 Å². The third-order valence-corrected chi connectivity index (χ3v) is 3.56. The van der Waals surface area contributed by atoms with Gasteiger partial charge in [0.1, 0.15) is 26.2 Å². The molecule has 0 aromatic heterocycles. The third kappa shape index (κ3) is 3.98. The molecular weight excluding hydrogens is 250 g/mol. The number of piperazine rings is 1. The summed E-state index contributed by atoms with van der Waals surface area (Å²) in [6.07, 6.45) is 0. The number of rotatable bonds is 3. The molecule has 1 amide bonds. The number of anilines is 1. The fourth-order valence-electron chi connectivity index (χ4n) is 2.21. The normalized spacial score (nSPS) is 23.7. The lowest BCUT2D eigenvalue weighted by Crippen LogP contribution is -3.27. The van der Waals surface area contributed by atoms with Crippen molar-refractivity contribution < 1.29 is 14.6 Å². The molecule has 0 spiro atoms. The monoisotopic (exact) mass is 269 g/mol. The van der Waals surface area contributed by atoms with E-state index in [0.29, 0.717) is 11.6 Å². The van der Waals surface area contributed by atoms with Gasteiger partial charge in [-0.2, -0.15) is 0 Å². The Balaban J connectivity index is 1.82. The minimum Gasteiger partial charge on any atom is -0.328 e. The van der Waals surface area contributed by atoms with E-state index in [1.165, 1.54) is 4.90 Å². The molecule has 0 unspecified atom stereocenters. The van der Waals surface area contributed by atoms with Gasteiger partial charge in [-0.15, -0.1) is 0 Å². The van der Waals surface area contributed by atoms with Crippen LogP contribution in [0.5, 0.6) is 0 Å². The van der Waals surface area contributed by atoms with Crippen LogP contribution in [0.15, 0.2) is 24.3 Å². The number of hydrogen-bond acceptors (Lipinski definition) is 1. The van der Waals surface area contributed by atoms with Crippen LogP contribution < -0.4 is 15.1 Å². The summed E-state index contributed by atoms with van der Waals surface area (Å²) in [5, 5.41) is 3.53. The predicted octanol–water partition coefficient (Wildman–Crippen LogP) is -1.31. The number of halogens is 1. The third-order valence-electron chi connectivity index (χ3n) is 3.33. The summed E-state index contributed by atoms with van der Waals surface area (Å²) >= 11 is 5.88. The Kier molecular flexibility index (Phi) is 4.58. The molecule has 0 saturated carbocycles. The van der Waals surface area contributed by atoms with Crippen molar-refractivity contribution in [2.24, 2.45) is 0 Å². The van der Waals surface area contributed by atoms with Gasteiger partial charge in [0.15, 0.2) is 6.54 Å². The molecule has 4 nitrogen and oxygen atoms in total. The summed E-state index contributed by atoms with van der Waals surface area (Å²) in [7, 11) is 2.20. The Morgan fingerprint density at radius 1 is 1.33 bits per heavy atom. The standard InChI is InChI=1S/C13H18ClN3O/c1-16-5-7-17(8-6-16)10-13(18)15-12-4-2-3-11(14)9-12/h2-4,9H,5-8,10H2,1H3,(H,15,18)/p+2. The number of nitrogens with one attached hydrogen (secondary N) is 3. The molecule has 0 atom stereocenters.